The Labute approximate surface area is 249 Å². The number of anilines is 1. The van der Waals surface area contributed by atoms with Gasteiger partial charge in [0.05, 0.1) is 47.1 Å². The summed E-state index contributed by atoms with van der Waals surface area (Å²) in [5.74, 6) is 1.43. The fourth-order valence-electron chi connectivity index (χ4n) is 4.72. The van der Waals surface area contributed by atoms with Crippen molar-refractivity contribution in [3.63, 3.8) is 0 Å². The van der Waals surface area contributed by atoms with Gasteiger partial charge in [-0.05, 0) is 83.4 Å². The van der Waals surface area contributed by atoms with Gasteiger partial charge >= 0.3 is 0 Å². The maximum Gasteiger partial charge on any atom is 0.271 e. The van der Waals surface area contributed by atoms with Crippen molar-refractivity contribution in [3.05, 3.63) is 113 Å². The predicted octanol–water partition coefficient (Wildman–Crippen LogP) is 5.05. The SMILES string of the molecule is CCOc1c(Br)cc(/C=c2\sc3n(c2=O)[C@H](c2cccc(OC)c2)C(C(=O)Nc2ccccc2)=C(C)N=3)cc1OC. The molecule has 5 rings (SSSR count). The summed E-state index contributed by atoms with van der Waals surface area (Å²) in [5, 5.41) is 2.96. The minimum absolute atomic E-state index is 0.261. The predicted molar refractivity (Wildman–Crippen MR) is 164 cm³/mol. The monoisotopic (exact) mass is 633 g/mol. The maximum atomic E-state index is 14.0. The average Bonchev–Trinajstić information content (AvgIpc) is 3.27. The summed E-state index contributed by atoms with van der Waals surface area (Å²) in [5.41, 5.74) is 2.78. The third-order valence-corrected chi connectivity index (χ3v) is 8.12. The minimum Gasteiger partial charge on any atom is -0.497 e. The smallest absolute Gasteiger partial charge is 0.271 e. The maximum absolute atomic E-state index is 14.0. The Kier molecular flexibility index (Phi) is 8.41. The zero-order chi connectivity index (χ0) is 29.1. The summed E-state index contributed by atoms with van der Waals surface area (Å²) in [6, 6.07) is 19.6. The summed E-state index contributed by atoms with van der Waals surface area (Å²) < 4.78 is 19.5. The summed E-state index contributed by atoms with van der Waals surface area (Å²) in [7, 11) is 3.15. The minimum atomic E-state index is -0.714. The number of ether oxygens (including phenoxy) is 3. The van der Waals surface area contributed by atoms with E-state index >= 15 is 0 Å². The van der Waals surface area contributed by atoms with Gasteiger partial charge in [0.2, 0.25) is 0 Å². The van der Waals surface area contributed by atoms with Gasteiger partial charge in [-0.2, -0.15) is 0 Å². The Morgan fingerprint density at radius 2 is 1.88 bits per heavy atom. The van der Waals surface area contributed by atoms with Crippen LogP contribution in [0.2, 0.25) is 0 Å². The Bertz CT molecular complexity index is 1830. The topological polar surface area (TPSA) is 91.2 Å². The van der Waals surface area contributed by atoms with E-state index in [2.05, 4.69) is 21.2 Å². The zero-order valence-corrected chi connectivity index (χ0v) is 25.3. The number of hydrogen-bond acceptors (Lipinski definition) is 7. The number of fused-ring (bicyclic) bond motifs is 1. The second kappa shape index (κ2) is 12.2. The molecule has 1 aliphatic heterocycles. The lowest BCUT2D eigenvalue weighted by Crippen LogP contribution is -2.40. The van der Waals surface area contributed by atoms with Crippen LogP contribution in [0.4, 0.5) is 5.69 Å². The number of allylic oxidation sites excluding steroid dienone is 1. The Balaban J connectivity index is 1.67. The number of para-hydroxylation sites is 1. The molecular weight excluding hydrogens is 606 g/mol. The highest BCUT2D eigenvalue weighted by molar-refractivity contribution is 9.10. The van der Waals surface area contributed by atoms with Gasteiger partial charge in [0.15, 0.2) is 16.3 Å². The van der Waals surface area contributed by atoms with Crippen molar-refractivity contribution >= 4 is 44.9 Å². The molecule has 1 amide bonds. The van der Waals surface area contributed by atoms with E-state index in [1.54, 1.807) is 31.8 Å². The number of methoxy groups -OCH3 is 2. The van der Waals surface area contributed by atoms with Crippen molar-refractivity contribution in [2.24, 2.45) is 4.99 Å². The number of carbonyl (C=O) groups excluding carboxylic acids is 1. The van der Waals surface area contributed by atoms with Crippen molar-refractivity contribution in [2.45, 2.75) is 19.9 Å². The number of benzene rings is 3. The van der Waals surface area contributed by atoms with Crippen LogP contribution in [0.15, 0.2) is 92.3 Å². The first kappa shape index (κ1) is 28.4. The van der Waals surface area contributed by atoms with Crippen molar-refractivity contribution in [3.8, 4) is 17.2 Å². The van der Waals surface area contributed by atoms with E-state index in [0.29, 0.717) is 54.6 Å². The number of carbonyl (C=O) groups is 1. The third kappa shape index (κ3) is 5.71. The Morgan fingerprint density at radius 1 is 1.10 bits per heavy atom. The molecule has 0 aliphatic carbocycles. The van der Waals surface area contributed by atoms with E-state index in [4.69, 9.17) is 19.2 Å². The lowest BCUT2D eigenvalue weighted by Gasteiger charge is -2.25. The van der Waals surface area contributed by atoms with Crippen LogP contribution in [-0.2, 0) is 4.79 Å². The first-order chi connectivity index (χ1) is 19.8. The van der Waals surface area contributed by atoms with Crippen LogP contribution in [0.25, 0.3) is 6.08 Å². The highest BCUT2D eigenvalue weighted by Crippen LogP contribution is 2.37. The lowest BCUT2D eigenvalue weighted by atomic mass is 9.95. The Morgan fingerprint density at radius 3 is 2.59 bits per heavy atom. The molecule has 1 aliphatic rings. The van der Waals surface area contributed by atoms with Crippen LogP contribution in [0, 0.1) is 0 Å². The average molecular weight is 635 g/mol. The molecule has 2 heterocycles. The third-order valence-electron chi connectivity index (χ3n) is 6.55. The number of hydrogen-bond donors (Lipinski definition) is 1. The van der Waals surface area contributed by atoms with E-state index in [-0.39, 0.29) is 11.5 Å². The van der Waals surface area contributed by atoms with Crippen molar-refractivity contribution < 1.29 is 19.0 Å². The molecule has 41 heavy (non-hydrogen) atoms. The fourth-order valence-corrected chi connectivity index (χ4v) is 6.34. The number of rotatable bonds is 8. The molecule has 0 unspecified atom stereocenters. The first-order valence-electron chi connectivity index (χ1n) is 12.9. The molecule has 4 aromatic rings. The number of nitrogens with zero attached hydrogens (tertiary/aromatic N) is 2. The highest BCUT2D eigenvalue weighted by atomic mass is 79.9. The quantitative estimate of drug-likeness (QED) is 0.293. The molecule has 0 saturated heterocycles. The van der Waals surface area contributed by atoms with E-state index in [1.165, 1.54) is 11.3 Å². The van der Waals surface area contributed by atoms with Gasteiger partial charge in [-0.25, -0.2) is 4.99 Å². The number of nitrogens with one attached hydrogen (secondary N) is 1. The molecule has 210 valence electrons. The van der Waals surface area contributed by atoms with E-state index < -0.39 is 6.04 Å². The number of halogens is 1. The molecule has 1 atom stereocenters. The van der Waals surface area contributed by atoms with Gasteiger partial charge in [0.25, 0.3) is 11.5 Å². The summed E-state index contributed by atoms with van der Waals surface area (Å²) >= 11 is 4.82. The molecule has 1 N–H and O–H groups in total. The molecule has 0 spiro atoms. The molecule has 0 saturated carbocycles. The molecule has 8 nitrogen and oxygen atoms in total. The van der Waals surface area contributed by atoms with Gasteiger partial charge in [0, 0.05) is 5.69 Å². The summed E-state index contributed by atoms with van der Waals surface area (Å²) in [6.07, 6.45) is 1.79. The van der Waals surface area contributed by atoms with Gasteiger partial charge < -0.3 is 19.5 Å². The van der Waals surface area contributed by atoms with Crippen LogP contribution < -0.4 is 34.4 Å². The second-order valence-electron chi connectivity index (χ2n) is 9.15. The van der Waals surface area contributed by atoms with Gasteiger partial charge in [-0.1, -0.05) is 41.7 Å². The van der Waals surface area contributed by atoms with Crippen LogP contribution in [0.5, 0.6) is 17.2 Å². The number of thiazole rings is 1. The van der Waals surface area contributed by atoms with E-state index in [1.807, 2.05) is 73.7 Å². The van der Waals surface area contributed by atoms with E-state index in [9.17, 15) is 9.59 Å². The highest BCUT2D eigenvalue weighted by Gasteiger charge is 2.32. The molecular formula is C31H28BrN3O5S. The van der Waals surface area contributed by atoms with Crippen molar-refractivity contribution in [1.82, 2.24) is 4.57 Å². The normalized spacial score (nSPS) is 14.8. The van der Waals surface area contributed by atoms with Crippen LogP contribution in [-0.4, -0.2) is 31.3 Å². The zero-order valence-electron chi connectivity index (χ0n) is 22.9. The molecule has 3 aromatic carbocycles. The lowest BCUT2D eigenvalue weighted by molar-refractivity contribution is -0.113. The van der Waals surface area contributed by atoms with Crippen molar-refractivity contribution in [1.29, 1.82) is 0 Å². The number of amides is 1. The van der Waals surface area contributed by atoms with Crippen LogP contribution in [0.1, 0.15) is 31.0 Å². The summed E-state index contributed by atoms with van der Waals surface area (Å²) in [4.78, 5) is 33.0. The molecule has 10 heteroatoms. The largest absolute Gasteiger partial charge is 0.497 e. The fraction of sp³-hybridized carbons (Fsp3) is 0.194. The molecule has 0 bridgehead atoms. The second-order valence-corrected chi connectivity index (χ2v) is 11.0. The van der Waals surface area contributed by atoms with E-state index in [0.717, 1.165) is 11.1 Å². The molecule has 0 radical (unpaired) electrons. The van der Waals surface area contributed by atoms with Crippen molar-refractivity contribution in [2.75, 3.05) is 26.1 Å². The van der Waals surface area contributed by atoms with Gasteiger partial charge in [0.1, 0.15) is 5.75 Å². The standard InChI is InChI=1S/C31H28BrN3O5S/c1-5-40-28-23(32)14-19(15-24(28)39-4)16-25-30(37)35-27(20-10-9-13-22(17-20)38-3)26(18(2)33-31(35)41-25)29(36)34-21-11-7-6-8-12-21/h6-17,27H,5H2,1-4H3,(H,34,36)/b25-16-/t27-/m1/s1. The van der Waals surface area contributed by atoms with Gasteiger partial charge in [-0.15, -0.1) is 0 Å². The first-order valence-corrected chi connectivity index (χ1v) is 14.5. The number of aromatic nitrogens is 1. The molecule has 0 fully saturated rings. The van der Waals surface area contributed by atoms with Crippen LogP contribution >= 0.6 is 27.3 Å². The van der Waals surface area contributed by atoms with Crippen LogP contribution in [0.3, 0.4) is 0 Å². The molecule has 1 aromatic heterocycles. The van der Waals surface area contributed by atoms with Gasteiger partial charge in [-0.3, -0.25) is 14.2 Å². The Hall–Kier alpha value is -4.15. The summed E-state index contributed by atoms with van der Waals surface area (Å²) in [6.45, 7) is 4.17.